The largest absolute Gasteiger partial charge is 0.392 e. The van der Waals surface area contributed by atoms with Gasteiger partial charge in [-0.2, -0.15) is 5.26 Å². The second kappa shape index (κ2) is 7.26. The molecule has 2 aliphatic heterocycles. The molecule has 4 rings (SSSR count). The van der Waals surface area contributed by atoms with E-state index in [-0.39, 0.29) is 11.9 Å². The zero-order valence-electron chi connectivity index (χ0n) is 16.1. The molecule has 3 fully saturated rings. The highest BCUT2D eigenvalue weighted by atomic mass is 16.3. The summed E-state index contributed by atoms with van der Waals surface area (Å²) in [7, 11) is 0. The predicted molar refractivity (Wildman–Crippen MR) is 103 cm³/mol. The van der Waals surface area contributed by atoms with Gasteiger partial charge < -0.3 is 10.0 Å². The Bertz CT molecular complexity index is 752. The summed E-state index contributed by atoms with van der Waals surface area (Å²) in [5.74, 6) is 0.217. The summed E-state index contributed by atoms with van der Waals surface area (Å²) in [4.78, 5) is 17.9. The highest BCUT2D eigenvalue weighted by Gasteiger charge is 2.57. The highest BCUT2D eigenvalue weighted by Crippen LogP contribution is 2.45. The maximum absolute atomic E-state index is 13.6. The van der Waals surface area contributed by atoms with E-state index in [2.05, 4.69) is 22.8 Å². The minimum atomic E-state index is -0.584. The van der Waals surface area contributed by atoms with Gasteiger partial charge in [-0.3, -0.25) is 9.69 Å². The topological polar surface area (TPSA) is 67.6 Å². The summed E-state index contributed by atoms with van der Waals surface area (Å²) in [6, 6.07) is 10.2. The lowest BCUT2D eigenvalue weighted by molar-refractivity contribution is -0.140. The van der Waals surface area contributed by atoms with E-state index < -0.39 is 11.6 Å². The third-order valence-electron chi connectivity index (χ3n) is 6.94. The Hall–Kier alpha value is -1.90. The Morgan fingerprint density at radius 3 is 2.81 bits per heavy atom. The fourth-order valence-corrected chi connectivity index (χ4v) is 5.53. The minimum Gasteiger partial charge on any atom is -0.392 e. The summed E-state index contributed by atoms with van der Waals surface area (Å²) in [6.07, 6.45) is 6.78. The van der Waals surface area contributed by atoms with Crippen LogP contribution >= 0.6 is 0 Å². The Balaban J connectivity index is 1.61. The molecule has 1 aromatic rings. The number of rotatable bonds is 3. The number of hydrogen-bond donors (Lipinski definition) is 1. The first-order valence-electron chi connectivity index (χ1n) is 10.3. The maximum Gasteiger partial charge on any atom is 0.243 e. The van der Waals surface area contributed by atoms with Crippen LogP contribution in [0.4, 0.5) is 0 Å². The number of carbonyl (C=O) groups is 1. The van der Waals surface area contributed by atoms with Crippen LogP contribution in [-0.2, 0) is 4.79 Å². The zero-order chi connectivity index (χ0) is 19.0. The molecule has 1 spiro atoms. The Morgan fingerprint density at radius 1 is 1.30 bits per heavy atom. The van der Waals surface area contributed by atoms with Crippen molar-refractivity contribution in [3.8, 4) is 6.07 Å². The van der Waals surface area contributed by atoms with Gasteiger partial charge in [0.05, 0.1) is 17.7 Å². The summed E-state index contributed by atoms with van der Waals surface area (Å²) >= 11 is 0. The molecule has 1 N–H and O–H groups in total. The molecule has 2 heterocycles. The fraction of sp³-hybridized carbons (Fsp3) is 0.636. The quantitative estimate of drug-likeness (QED) is 0.892. The normalized spacial score (nSPS) is 30.8. The van der Waals surface area contributed by atoms with Crippen LogP contribution in [0.5, 0.6) is 0 Å². The third kappa shape index (κ3) is 3.15. The number of β-amino-alcohol motifs (C(OH)–C–C–N with tert-alkyl or cyclic N) is 1. The van der Waals surface area contributed by atoms with Gasteiger partial charge in [-0.1, -0.05) is 31.4 Å². The van der Waals surface area contributed by atoms with E-state index in [1.54, 1.807) is 6.07 Å². The van der Waals surface area contributed by atoms with Crippen molar-refractivity contribution in [1.29, 1.82) is 5.26 Å². The van der Waals surface area contributed by atoms with Crippen LogP contribution in [0.25, 0.3) is 0 Å². The summed E-state index contributed by atoms with van der Waals surface area (Å²) < 4.78 is 0. The lowest BCUT2D eigenvalue weighted by Crippen LogP contribution is -2.52. The number of aliphatic hydroxyl groups excluding tert-OH is 1. The van der Waals surface area contributed by atoms with Crippen LogP contribution in [0.15, 0.2) is 24.3 Å². The van der Waals surface area contributed by atoms with Gasteiger partial charge in [0, 0.05) is 31.6 Å². The van der Waals surface area contributed by atoms with E-state index in [0.717, 1.165) is 31.4 Å². The van der Waals surface area contributed by atoms with E-state index >= 15 is 0 Å². The van der Waals surface area contributed by atoms with Gasteiger partial charge in [-0.15, -0.1) is 0 Å². The highest BCUT2D eigenvalue weighted by molar-refractivity contribution is 5.89. The third-order valence-corrected chi connectivity index (χ3v) is 6.94. The van der Waals surface area contributed by atoms with Crippen molar-refractivity contribution in [1.82, 2.24) is 9.80 Å². The van der Waals surface area contributed by atoms with Crippen molar-refractivity contribution in [3.05, 3.63) is 35.4 Å². The molecule has 27 heavy (non-hydrogen) atoms. The van der Waals surface area contributed by atoms with E-state index in [1.807, 2.05) is 18.2 Å². The first-order chi connectivity index (χ1) is 13.0. The van der Waals surface area contributed by atoms with Crippen LogP contribution in [-0.4, -0.2) is 51.6 Å². The van der Waals surface area contributed by atoms with Gasteiger partial charge in [0.25, 0.3) is 0 Å². The molecule has 0 bridgehead atoms. The molecular weight excluding hydrogens is 338 g/mol. The summed E-state index contributed by atoms with van der Waals surface area (Å²) in [5, 5.41) is 19.7. The number of aliphatic hydroxyl groups is 1. The van der Waals surface area contributed by atoms with Gasteiger partial charge >= 0.3 is 0 Å². The van der Waals surface area contributed by atoms with Gasteiger partial charge in [0.1, 0.15) is 5.54 Å². The van der Waals surface area contributed by atoms with Gasteiger partial charge in [0.15, 0.2) is 0 Å². The predicted octanol–water partition coefficient (Wildman–Crippen LogP) is 2.99. The Morgan fingerprint density at radius 2 is 2.07 bits per heavy atom. The average molecular weight is 367 g/mol. The molecule has 1 aliphatic carbocycles. The average Bonchev–Trinajstić information content (AvgIpc) is 3.22. The number of nitrogens with zero attached hydrogens (tertiary/aromatic N) is 3. The van der Waals surface area contributed by atoms with Crippen LogP contribution in [0, 0.1) is 11.3 Å². The number of benzene rings is 1. The molecule has 3 aliphatic rings. The van der Waals surface area contributed by atoms with Crippen LogP contribution < -0.4 is 0 Å². The molecule has 5 heteroatoms. The number of hydrogen-bond acceptors (Lipinski definition) is 4. The molecule has 1 aromatic carbocycles. The van der Waals surface area contributed by atoms with E-state index in [4.69, 9.17) is 0 Å². The minimum absolute atomic E-state index is 0.00861. The smallest absolute Gasteiger partial charge is 0.243 e. The monoisotopic (exact) mass is 367 g/mol. The molecule has 2 unspecified atom stereocenters. The molecule has 5 nitrogen and oxygen atoms in total. The Kier molecular flexibility index (Phi) is 4.96. The molecule has 0 radical (unpaired) electrons. The van der Waals surface area contributed by atoms with Gasteiger partial charge in [-0.05, 0) is 43.9 Å². The standard InChI is InChI=1S/C22H29N3O2/c1-16(18-7-5-6-17(12-18)14-23)25-15-20(26)13-22(25)10-11-24(21(22)27)19-8-3-2-4-9-19/h5-7,12,16,19-20,26H,2-4,8-11,13,15H2,1H3/t16?,20-,22?/m1/s1. The van der Waals surface area contributed by atoms with Crippen molar-refractivity contribution < 1.29 is 9.90 Å². The van der Waals surface area contributed by atoms with Crippen molar-refractivity contribution >= 4 is 5.91 Å². The number of amides is 1. The van der Waals surface area contributed by atoms with E-state index in [1.165, 1.54) is 19.3 Å². The summed E-state index contributed by atoms with van der Waals surface area (Å²) in [6.45, 7) is 3.41. The summed E-state index contributed by atoms with van der Waals surface area (Å²) in [5.41, 5.74) is 1.08. The van der Waals surface area contributed by atoms with Crippen molar-refractivity contribution in [2.45, 2.75) is 75.6 Å². The first-order valence-corrected chi connectivity index (χ1v) is 10.3. The number of carbonyl (C=O) groups excluding carboxylic acids is 1. The van der Waals surface area contributed by atoms with Crippen LogP contribution in [0.2, 0.25) is 0 Å². The van der Waals surface area contributed by atoms with Gasteiger partial charge in [-0.25, -0.2) is 0 Å². The van der Waals surface area contributed by atoms with Crippen LogP contribution in [0.3, 0.4) is 0 Å². The van der Waals surface area contributed by atoms with Gasteiger partial charge in [0.2, 0.25) is 5.91 Å². The number of nitriles is 1. The Labute approximate surface area is 161 Å². The molecule has 3 atom stereocenters. The lowest BCUT2D eigenvalue weighted by atomic mass is 9.90. The molecule has 1 amide bonds. The second-order valence-corrected chi connectivity index (χ2v) is 8.50. The lowest BCUT2D eigenvalue weighted by Gasteiger charge is -2.39. The van der Waals surface area contributed by atoms with E-state index in [9.17, 15) is 15.2 Å². The first kappa shape index (κ1) is 18.5. The molecule has 144 valence electrons. The van der Waals surface area contributed by atoms with E-state index in [0.29, 0.717) is 24.6 Å². The number of likely N-dealkylation sites (tertiary alicyclic amines) is 2. The fourth-order valence-electron chi connectivity index (χ4n) is 5.53. The molecule has 2 saturated heterocycles. The van der Waals surface area contributed by atoms with Crippen molar-refractivity contribution in [2.24, 2.45) is 0 Å². The molecular formula is C22H29N3O2. The maximum atomic E-state index is 13.6. The SMILES string of the molecule is CC(c1cccc(C#N)c1)N1C[C@H](O)CC12CCN(C1CCCCC1)C2=O. The van der Waals surface area contributed by atoms with Crippen molar-refractivity contribution in [3.63, 3.8) is 0 Å². The van der Waals surface area contributed by atoms with Crippen molar-refractivity contribution in [2.75, 3.05) is 13.1 Å². The molecule has 1 saturated carbocycles. The molecule has 0 aromatic heterocycles. The van der Waals surface area contributed by atoms with Crippen LogP contribution in [0.1, 0.15) is 69.0 Å². The second-order valence-electron chi connectivity index (χ2n) is 8.50. The zero-order valence-corrected chi connectivity index (χ0v) is 16.1.